The number of nitrogens with zero attached hydrogens (tertiary/aromatic N) is 2. The van der Waals surface area contributed by atoms with Crippen molar-refractivity contribution in [3.63, 3.8) is 0 Å². The van der Waals surface area contributed by atoms with Crippen molar-refractivity contribution in [3.05, 3.63) is 145 Å². The Balaban J connectivity index is 0.000000338. The normalized spacial score (nSPS) is 11.5. The zero-order valence-electron chi connectivity index (χ0n) is 26.8. The van der Waals surface area contributed by atoms with Crippen LogP contribution in [0.1, 0.15) is 41.5 Å². The Bertz CT molecular complexity index is 1650. The number of para-hydroxylation sites is 2. The minimum absolute atomic E-state index is 0. The molecule has 4 nitrogen and oxygen atoms in total. The summed E-state index contributed by atoms with van der Waals surface area (Å²) in [7, 11) is 0. The van der Waals surface area contributed by atoms with Gasteiger partial charge in [-0.2, -0.15) is 0 Å². The van der Waals surface area contributed by atoms with Gasteiger partial charge >= 0.3 is 0 Å². The molecule has 45 heavy (non-hydrogen) atoms. The number of allylic oxidation sites excluding steroid dienone is 2. The fourth-order valence-electron chi connectivity index (χ4n) is 4.29. The Morgan fingerprint density at radius 2 is 1.22 bits per heavy atom. The van der Waals surface area contributed by atoms with Crippen molar-refractivity contribution in [1.29, 1.82) is 0 Å². The van der Waals surface area contributed by atoms with Crippen LogP contribution in [0.3, 0.4) is 0 Å². The molecule has 5 heteroatoms. The molecule has 0 saturated heterocycles. The zero-order valence-corrected chi connectivity index (χ0v) is 29.2. The predicted molar refractivity (Wildman–Crippen MR) is 183 cm³/mol. The van der Waals surface area contributed by atoms with Gasteiger partial charge in [-0.05, 0) is 41.6 Å². The maximum atomic E-state index is 11.5. The summed E-state index contributed by atoms with van der Waals surface area (Å²) in [4.78, 5) is 18.4. The van der Waals surface area contributed by atoms with E-state index in [1.807, 2.05) is 78.1 Å². The number of hydrogen-bond acceptors (Lipinski definition) is 4. The quantitative estimate of drug-likeness (QED) is 0.106. The van der Waals surface area contributed by atoms with Gasteiger partial charge in [-0.1, -0.05) is 114 Å². The summed E-state index contributed by atoms with van der Waals surface area (Å²) < 4.78 is 0. The molecule has 0 aliphatic heterocycles. The van der Waals surface area contributed by atoms with Crippen LogP contribution in [0.4, 0.5) is 17.1 Å². The molecule has 0 spiro atoms. The van der Waals surface area contributed by atoms with Crippen LogP contribution in [-0.4, -0.2) is 15.9 Å². The standard InChI is InChI=1S/C29H21N2.C11H20O2.Ir/c1-4-11-23(12-5-1)24-13-10-14-25(21-24)29-22-28(19-20-30-29)31(26-15-6-2-7-16-26)27-17-8-3-9-18-27;1-10(2,3)8(12)7-9(13)11(4,5)6;/h1-13,15-22H;7,12H,1-6H3;/q-1;;/b;8-7-;. The Kier molecular flexibility index (Phi) is 12.2. The third kappa shape index (κ3) is 9.84. The average molecular weight is 774 g/mol. The minimum Gasteiger partial charge on any atom is -0.512 e. The number of aliphatic hydroxyl groups excluding tert-OH is 1. The van der Waals surface area contributed by atoms with Crippen molar-refractivity contribution in [1.82, 2.24) is 4.98 Å². The summed E-state index contributed by atoms with van der Waals surface area (Å²) in [5.41, 5.74) is 6.71. The molecule has 5 rings (SSSR count). The van der Waals surface area contributed by atoms with Crippen LogP contribution in [0.5, 0.6) is 0 Å². The maximum Gasteiger partial charge on any atom is 0.164 e. The van der Waals surface area contributed by atoms with Crippen LogP contribution in [0, 0.1) is 16.9 Å². The molecular weight excluding hydrogens is 733 g/mol. The third-order valence-corrected chi connectivity index (χ3v) is 6.99. The fourth-order valence-corrected chi connectivity index (χ4v) is 4.29. The van der Waals surface area contributed by atoms with E-state index in [2.05, 4.69) is 107 Å². The SMILES string of the molecule is CC(C)(C)C(=O)/C=C(\O)C(C)(C)C.[Ir].[c-]1ccc(-c2ccccc2)cc1-c1cc(N(c2ccccc2)c2ccccc2)ccn1. The van der Waals surface area contributed by atoms with Crippen molar-refractivity contribution in [2.24, 2.45) is 10.8 Å². The number of ketones is 1. The van der Waals surface area contributed by atoms with Gasteiger partial charge < -0.3 is 15.0 Å². The summed E-state index contributed by atoms with van der Waals surface area (Å²) in [5.74, 6) is 0.104. The van der Waals surface area contributed by atoms with Gasteiger partial charge in [-0.15, -0.1) is 35.4 Å². The first-order valence-electron chi connectivity index (χ1n) is 14.8. The largest absolute Gasteiger partial charge is 0.512 e. The number of aromatic nitrogens is 1. The second kappa shape index (κ2) is 15.6. The van der Waals surface area contributed by atoms with Crippen molar-refractivity contribution in [3.8, 4) is 22.4 Å². The van der Waals surface area contributed by atoms with Crippen LogP contribution >= 0.6 is 0 Å². The van der Waals surface area contributed by atoms with Crippen molar-refractivity contribution in [2.45, 2.75) is 41.5 Å². The number of benzene rings is 4. The molecule has 1 heterocycles. The summed E-state index contributed by atoms with van der Waals surface area (Å²) in [6, 6.07) is 44.9. The molecule has 0 amide bonds. The molecule has 0 aliphatic carbocycles. The number of aliphatic hydroxyl groups is 1. The Morgan fingerprint density at radius 1 is 0.689 bits per heavy atom. The number of hydrogen-bond donors (Lipinski definition) is 1. The number of carbonyl (C=O) groups excluding carboxylic acids is 1. The Morgan fingerprint density at radius 3 is 1.73 bits per heavy atom. The summed E-state index contributed by atoms with van der Waals surface area (Å²) in [6.07, 6.45) is 3.20. The van der Waals surface area contributed by atoms with E-state index in [-0.39, 0.29) is 37.1 Å². The van der Waals surface area contributed by atoms with E-state index in [0.717, 1.165) is 33.9 Å². The van der Waals surface area contributed by atoms with Crippen molar-refractivity contribution in [2.75, 3.05) is 4.90 Å². The number of pyridine rings is 1. The second-order valence-electron chi connectivity index (χ2n) is 12.7. The van der Waals surface area contributed by atoms with E-state index in [9.17, 15) is 9.90 Å². The van der Waals surface area contributed by atoms with Gasteiger partial charge in [0.2, 0.25) is 0 Å². The number of anilines is 3. The topological polar surface area (TPSA) is 53.4 Å². The molecule has 0 unspecified atom stereocenters. The van der Waals surface area contributed by atoms with Crippen LogP contribution < -0.4 is 4.90 Å². The molecule has 5 aromatic rings. The van der Waals surface area contributed by atoms with Gasteiger partial charge in [0, 0.05) is 60.3 Å². The Hall–Kier alpha value is -4.31. The summed E-state index contributed by atoms with van der Waals surface area (Å²) >= 11 is 0. The van der Waals surface area contributed by atoms with Crippen LogP contribution in [0.2, 0.25) is 0 Å². The number of rotatable bonds is 6. The smallest absolute Gasteiger partial charge is 0.164 e. The molecule has 0 atom stereocenters. The predicted octanol–water partition coefficient (Wildman–Crippen LogP) is 10.8. The Labute approximate surface area is 281 Å². The van der Waals surface area contributed by atoms with Gasteiger partial charge in [-0.3, -0.25) is 4.79 Å². The zero-order chi connectivity index (χ0) is 31.7. The molecule has 0 fully saturated rings. The molecule has 1 radical (unpaired) electrons. The molecule has 233 valence electrons. The first kappa shape index (κ1) is 35.2. The molecule has 4 aromatic carbocycles. The van der Waals surface area contributed by atoms with Gasteiger partial charge in [0.15, 0.2) is 5.78 Å². The van der Waals surface area contributed by atoms with Gasteiger partial charge in [0.05, 0.1) is 0 Å². The van der Waals surface area contributed by atoms with E-state index >= 15 is 0 Å². The second-order valence-corrected chi connectivity index (χ2v) is 12.7. The van der Waals surface area contributed by atoms with Crippen molar-refractivity contribution >= 4 is 22.8 Å². The molecule has 1 aromatic heterocycles. The average Bonchev–Trinajstić information content (AvgIpc) is 3.02. The first-order chi connectivity index (χ1) is 20.9. The van der Waals surface area contributed by atoms with Crippen LogP contribution in [0.15, 0.2) is 139 Å². The molecule has 0 bridgehead atoms. The maximum absolute atomic E-state index is 11.5. The van der Waals surface area contributed by atoms with E-state index in [1.54, 1.807) is 0 Å². The van der Waals surface area contributed by atoms with E-state index in [4.69, 9.17) is 0 Å². The summed E-state index contributed by atoms with van der Waals surface area (Å²) in [6.45, 7) is 11.1. The minimum atomic E-state index is -0.417. The molecular formula is C40H41IrN2O2-. The van der Waals surface area contributed by atoms with Gasteiger partial charge in [0.25, 0.3) is 0 Å². The monoisotopic (exact) mass is 774 g/mol. The van der Waals surface area contributed by atoms with Crippen molar-refractivity contribution < 1.29 is 30.0 Å². The van der Waals surface area contributed by atoms with E-state index in [1.165, 1.54) is 11.6 Å². The third-order valence-electron chi connectivity index (χ3n) is 6.99. The summed E-state index contributed by atoms with van der Waals surface area (Å²) in [5, 5.41) is 9.56. The van der Waals surface area contributed by atoms with Crippen LogP contribution in [-0.2, 0) is 24.9 Å². The molecule has 0 aliphatic rings. The van der Waals surface area contributed by atoms with E-state index in [0.29, 0.717) is 0 Å². The van der Waals surface area contributed by atoms with Crippen LogP contribution in [0.25, 0.3) is 22.4 Å². The number of carbonyl (C=O) groups is 1. The molecule has 1 N–H and O–H groups in total. The molecule has 0 saturated carbocycles. The van der Waals surface area contributed by atoms with E-state index < -0.39 is 5.41 Å². The van der Waals surface area contributed by atoms with Gasteiger partial charge in [-0.25, -0.2) is 0 Å². The fraction of sp³-hybridized carbons (Fsp3) is 0.200. The first-order valence-corrected chi connectivity index (χ1v) is 14.8. The van der Waals surface area contributed by atoms with Gasteiger partial charge in [0.1, 0.15) is 5.76 Å².